The topological polar surface area (TPSA) is 35.0 Å². The molecule has 0 unspecified atom stereocenters. The van der Waals surface area contributed by atoms with Gasteiger partial charge in [-0.05, 0) is 35.2 Å². The first-order chi connectivity index (χ1) is 13.7. The average molecular weight is 373 g/mol. The van der Waals surface area contributed by atoms with Crippen LogP contribution < -0.4 is 0 Å². The number of ether oxygens (including phenoxy) is 1. The quantitative estimate of drug-likeness (QED) is 0.447. The van der Waals surface area contributed by atoms with Gasteiger partial charge in [-0.3, -0.25) is 9.97 Å². The Labute approximate surface area is 168 Å². The van der Waals surface area contributed by atoms with Crippen LogP contribution in [0.15, 0.2) is 73.4 Å². The van der Waals surface area contributed by atoms with Gasteiger partial charge < -0.3 is 4.74 Å². The summed E-state index contributed by atoms with van der Waals surface area (Å²) in [6.45, 7) is 8.78. The molecule has 28 heavy (non-hydrogen) atoms. The second-order valence-corrected chi connectivity index (χ2v) is 6.87. The number of benzene rings is 1. The van der Waals surface area contributed by atoms with Crippen LogP contribution in [0.25, 0.3) is 11.1 Å². The number of hydrogen-bond donors (Lipinski definition) is 0. The van der Waals surface area contributed by atoms with Crippen molar-refractivity contribution in [2.45, 2.75) is 39.5 Å². The van der Waals surface area contributed by atoms with Crippen molar-refractivity contribution in [1.82, 2.24) is 9.97 Å². The van der Waals surface area contributed by atoms with Crippen molar-refractivity contribution in [2.75, 3.05) is 6.61 Å². The number of rotatable bonds is 9. The zero-order valence-electron chi connectivity index (χ0n) is 16.8. The Balaban J connectivity index is 1.73. The van der Waals surface area contributed by atoms with E-state index in [1.807, 2.05) is 24.7 Å². The highest BCUT2D eigenvalue weighted by Crippen LogP contribution is 2.27. The fourth-order valence-corrected chi connectivity index (χ4v) is 3.23. The molecule has 0 aliphatic rings. The molecular weight excluding hydrogens is 344 g/mol. The number of pyridine rings is 2. The van der Waals surface area contributed by atoms with Gasteiger partial charge in [0.05, 0.1) is 18.1 Å². The molecule has 0 saturated heterocycles. The Kier molecular flexibility index (Phi) is 6.96. The summed E-state index contributed by atoms with van der Waals surface area (Å²) in [4.78, 5) is 9.00. The molecule has 2 aromatic heterocycles. The van der Waals surface area contributed by atoms with Crippen molar-refractivity contribution >= 4 is 0 Å². The van der Waals surface area contributed by atoms with Gasteiger partial charge in [0.25, 0.3) is 0 Å². The Bertz CT molecular complexity index is 916. The average Bonchev–Trinajstić information content (AvgIpc) is 2.75. The van der Waals surface area contributed by atoms with Crippen LogP contribution in [0.4, 0.5) is 0 Å². The molecule has 0 N–H and O–H groups in total. The third-order valence-corrected chi connectivity index (χ3v) is 4.96. The van der Waals surface area contributed by atoms with Crippen LogP contribution in [0.5, 0.6) is 0 Å². The molecule has 3 heteroatoms. The van der Waals surface area contributed by atoms with Crippen molar-refractivity contribution in [2.24, 2.45) is 0 Å². The predicted octanol–water partition coefficient (Wildman–Crippen LogP) is 5.78. The third kappa shape index (κ3) is 5.07. The molecular formula is C25H28N2O. The molecule has 3 aromatic rings. The second-order valence-electron chi connectivity index (χ2n) is 6.87. The van der Waals surface area contributed by atoms with Crippen molar-refractivity contribution in [3.8, 4) is 11.1 Å². The molecule has 1 aromatic carbocycles. The van der Waals surface area contributed by atoms with Gasteiger partial charge in [0.15, 0.2) is 0 Å². The highest BCUT2D eigenvalue weighted by atomic mass is 16.5. The molecule has 0 aliphatic heterocycles. The summed E-state index contributed by atoms with van der Waals surface area (Å²) < 4.78 is 5.60. The summed E-state index contributed by atoms with van der Waals surface area (Å²) in [6, 6.07) is 15.0. The first kappa shape index (κ1) is 19.8. The number of hydrogen-bond acceptors (Lipinski definition) is 3. The van der Waals surface area contributed by atoms with Crippen LogP contribution >= 0.6 is 0 Å². The maximum atomic E-state index is 5.60. The summed E-state index contributed by atoms with van der Waals surface area (Å²) in [7, 11) is 0. The van der Waals surface area contributed by atoms with Crippen LogP contribution in [0.3, 0.4) is 0 Å². The minimum atomic E-state index is 0.678. The summed E-state index contributed by atoms with van der Waals surface area (Å²) >= 11 is 0. The van der Waals surface area contributed by atoms with E-state index in [0.29, 0.717) is 6.61 Å². The Morgan fingerprint density at radius 1 is 0.964 bits per heavy atom. The van der Waals surface area contributed by atoms with Crippen LogP contribution in [-0.2, 0) is 24.0 Å². The molecule has 0 fully saturated rings. The predicted molar refractivity (Wildman–Crippen MR) is 115 cm³/mol. The normalized spacial score (nSPS) is 10.6. The monoisotopic (exact) mass is 372 g/mol. The lowest BCUT2D eigenvalue weighted by Gasteiger charge is -2.12. The Morgan fingerprint density at radius 3 is 2.50 bits per heavy atom. The van der Waals surface area contributed by atoms with E-state index in [-0.39, 0.29) is 0 Å². The number of nitrogens with zero attached hydrogens (tertiary/aromatic N) is 2. The van der Waals surface area contributed by atoms with E-state index < -0.39 is 0 Å². The van der Waals surface area contributed by atoms with E-state index in [9.17, 15) is 0 Å². The zero-order valence-corrected chi connectivity index (χ0v) is 16.8. The van der Waals surface area contributed by atoms with Crippen LogP contribution in [-0.4, -0.2) is 16.6 Å². The lowest BCUT2D eigenvalue weighted by molar-refractivity contribution is 0.209. The van der Waals surface area contributed by atoms with Gasteiger partial charge in [-0.15, -0.1) is 0 Å². The van der Waals surface area contributed by atoms with Crippen molar-refractivity contribution in [3.05, 3.63) is 95.8 Å². The van der Waals surface area contributed by atoms with Gasteiger partial charge in [-0.1, -0.05) is 50.8 Å². The first-order valence-electron chi connectivity index (χ1n) is 9.96. The highest BCUT2D eigenvalue weighted by molar-refractivity contribution is 5.69. The van der Waals surface area contributed by atoms with E-state index in [2.05, 4.69) is 66.8 Å². The smallest absolute Gasteiger partial charge is 0.0917 e. The second kappa shape index (κ2) is 9.84. The summed E-state index contributed by atoms with van der Waals surface area (Å²) in [5.74, 6) is 0.848. The molecule has 3 nitrogen and oxygen atoms in total. The lowest BCUT2D eigenvalue weighted by atomic mass is 9.96. The van der Waals surface area contributed by atoms with Crippen molar-refractivity contribution in [3.63, 3.8) is 0 Å². The van der Waals surface area contributed by atoms with Gasteiger partial charge >= 0.3 is 0 Å². The SMILES string of the molecule is C=C(CC)OCCc1ccc(Cc2ncccc2-c2cnccc2CC)cc1. The maximum absolute atomic E-state index is 5.60. The summed E-state index contributed by atoms with van der Waals surface area (Å²) in [5.41, 5.74) is 7.26. The Morgan fingerprint density at radius 2 is 1.75 bits per heavy atom. The van der Waals surface area contributed by atoms with E-state index in [1.165, 1.54) is 27.8 Å². The van der Waals surface area contributed by atoms with E-state index >= 15 is 0 Å². The molecule has 0 amide bonds. The van der Waals surface area contributed by atoms with Crippen LogP contribution in [0.2, 0.25) is 0 Å². The zero-order chi connectivity index (χ0) is 19.8. The van der Waals surface area contributed by atoms with Crippen LogP contribution in [0, 0.1) is 0 Å². The molecule has 0 bridgehead atoms. The van der Waals surface area contributed by atoms with Gasteiger partial charge in [-0.2, -0.15) is 0 Å². The molecule has 144 valence electrons. The molecule has 0 saturated carbocycles. The standard InChI is InChI=1S/C25H28N2O/c1-4-19(3)28-16-13-20-8-10-21(11-9-20)17-25-23(7-6-14-27-25)24-18-26-15-12-22(24)5-2/h6-12,14-15,18H,3-5,13,16-17H2,1-2H3. The molecule has 0 aliphatic carbocycles. The number of allylic oxidation sites excluding steroid dienone is 1. The number of aromatic nitrogens is 2. The summed E-state index contributed by atoms with van der Waals surface area (Å²) in [5, 5.41) is 0. The first-order valence-corrected chi connectivity index (χ1v) is 9.96. The molecule has 0 spiro atoms. The molecule has 3 rings (SSSR count). The van der Waals surface area contributed by atoms with Gasteiger partial charge in [0.1, 0.15) is 0 Å². The van der Waals surface area contributed by atoms with E-state index in [1.54, 1.807) is 0 Å². The van der Waals surface area contributed by atoms with Gasteiger partial charge in [0.2, 0.25) is 0 Å². The van der Waals surface area contributed by atoms with Crippen molar-refractivity contribution in [1.29, 1.82) is 0 Å². The minimum absolute atomic E-state index is 0.678. The Hall–Kier alpha value is -2.94. The fraction of sp³-hybridized carbons (Fsp3) is 0.280. The van der Waals surface area contributed by atoms with Crippen molar-refractivity contribution < 1.29 is 4.74 Å². The summed E-state index contributed by atoms with van der Waals surface area (Å²) in [6.07, 6.45) is 9.22. The minimum Gasteiger partial charge on any atom is -0.498 e. The number of aryl methyl sites for hydroxylation is 1. The molecule has 0 atom stereocenters. The maximum Gasteiger partial charge on any atom is 0.0917 e. The van der Waals surface area contributed by atoms with Gasteiger partial charge in [0, 0.05) is 49.0 Å². The molecule has 0 radical (unpaired) electrons. The van der Waals surface area contributed by atoms with E-state index in [0.717, 1.165) is 37.1 Å². The van der Waals surface area contributed by atoms with Gasteiger partial charge in [-0.25, -0.2) is 0 Å². The van der Waals surface area contributed by atoms with Crippen LogP contribution in [0.1, 0.15) is 42.7 Å². The highest BCUT2D eigenvalue weighted by Gasteiger charge is 2.10. The lowest BCUT2D eigenvalue weighted by Crippen LogP contribution is -2.00. The molecule has 2 heterocycles. The largest absolute Gasteiger partial charge is 0.498 e. The van der Waals surface area contributed by atoms with E-state index in [4.69, 9.17) is 4.74 Å². The fourth-order valence-electron chi connectivity index (χ4n) is 3.23. The third-order valence-electron chi connectivity index (χ3n) is 4.96.